The number of aliphatic hydroxyl groups is 1. The van der Waals surface area contributed by atoms with E-state index in [1.807, 2.05) is 0 Å². The Morgan fingerprint density at radius 2 is 2.12 bits per heavy atom. The molecule has 0 spiro atoms. The number of rotatable bonds is 8. The van der Waals surface area contributed by atoms with Gasteiger partial charge in [0, 0.05) is 47.6 Å². The fourth-order valence-electron chi connectivity index (χ4n) is 5.82. The van der Waals surface area contributed by atoms with Gasteiger partial charge in [-0.05, 0) is 50.7 Å². The van der Waals surface area contributed by atoms with Crippen molar-refractivity contribution in [1.29, 1.82) is 0 Å². The van der Waals surface area contributed by atoms with E-state index in [1.165, 1.54) is 23.9 Å². The lowest BCUT2D eigenvalue weighted by Crippen LogP contribution is -2.52. The molecule has 2 amide bonds. The van der Waals surface area contributed by atoms with E-state index < -0.39 is 42.3 Å². The van der Waals surface area contributed by atoms with Crippen LogP contribution in [0.5, 0.6) is 0 Å². The molecular weight excluding hydrogens is 530 g/mol. The lowest BCUT2D eigenvalue weighted by Gasteiger charge is -2.38. The second-order valence-electron chi connectivity index (χ2n) is 10.4. The molecule has 4 heterocycles. The zero-order valence-corrected chi connectivity index (χ0v) is 22.4. The maximum atomic E-state index is 13.6. The molecule has 2 saturated carbocycles. The molecule has 2 atom stereocenters. The van der Waals surface area contributed by atoms with Crippen LogP contribution < -0.4 is 22.1 Å². The largest absolute Gasteiger partial charge is 0.453 e. The maximum absolute atomic E-state index is 13.6. The van der Waals surface area contributed by atoms with E-state index in [2.05, 4.69) is 25.5 Å². The van der Waals surface area contributed by atoms with Crippen LogP contribution in [0.1, 0.15) is 55.7 Å². The number of aryl methyl sites for hydroxylation is 1. The Morgan fingerprint density at radius 3 is 2.80 bits per heavy atom. The number of amides is 2. The zero-order chi connectivity index (χ0) is 32.3. The number of pyridine rings is 2. The normalized spacial score (nSPS) is 23.3. The van der Waals surface area contributed by atoms with E-state index in [9.17, 15) is 19.5 Å². The van der Waals surface area contributed by atoms with Crippen LogP contribution in [0.2, 0.25) is 0 Å². The van der Waals surface area contributed by atoms with Gasteiger partial charge in [-0.15, -0.1) is 0 Å². The minimum atomic E-state index is -2.80. The second-order valence-corrected chi connectivity index (χ2v) is 10.4. The Kier molecular flexibility index (Phi) is 5.53. The molecule has 41 heavy (non-hydrogen) atoms. The summed E-state index contributed by atoms with van der Waals surface area (Å²) < 4.78 is 40.9. The van der Waals surface area contributed by atoms with Crippen LogP contribution in [0.3, 0.4) is 0 Å². The van der Waals surface area contributed by atoms with E-state index in [-0.39, 0.29) is 42.7 Å². The number of imidazole rings is 1. The summed E-state index contributed by atoms with van der Waals surface area (Å²) in [5.74, 6) is 0.0779. The van der Waals surface area contributed by atoms with Crippen molar-refractivity contribution in [2.45, 2.75) is 62.5 Å². The van der Waals surface area contributed by atoms with Gasteiger partial charge in [-0.3, -0.25) is 13.9 Å². The standard InChI is InChI=1S/C27H33N9O5/c1-34-20-14-29-22(13-19(20)35(26(34)40)16-5-4-15(12-16)30-25(39)41-2)31-21-7-6-17-18(8-11-37)33-36(23(17)32-21)27(24(28)38)9-3-10-27/h6-7,13-16,37H,3-5,8-12H2,1-2H3,(H2,28,38)(H,30,39)(H,29,31,32)/i1D3,15D. The van der Waals surface area contributed by atoms with Crippen LogP contribution in [-0.2, 0) is 28.5 Å². The third kappa shape index (κ3) is 4.38. The van der Waals surface area contributed by atoms with Gasteiger partial charge in [0.15, 0.2) is 5.65 Å². The highest BCUT2D eigenvalue weighted by atomic mass is 16.5. The average molecular weight is 568 g/mol. The lowest BCUT2D eigenvalue weighted by molar-refractivity contribution is -0.131. The van der Waals surface area contributed by atoms with Crippen molar-refractivity contribution in [2.75, 3.05) is 19.0 Å². The van der Waals surface area contributed by atoms with Gasteiger partial charge in [0.2, 0.25) is 5.91 Å². The summed E-state index contributed by atoms with van der Waals surface area (Å²) in [4.78, 5) is 47.0. The highest BCUT2D eigenvalue weighted by Gasteiger charge is 2.47. The van der Waals surface area contributed by atoms with Gasteiger partial charge in [0.25, 0.3) is 0 Å². The first-order valence-corrected chi connectivity index (χ1v) is 13.4. The number of fused-ring (bicyclic) bond motifs is 2. The third-order valence-corrected chi connectivity index (χ3v) is 8.11. The summed E-state index contributed by atoms with van der Waals surface area (Å²) in [5, 5.41) is 20.5. The van der Waals surface area contributed by atoms with Crippen molar-refractivity contribution in [3.63, 3.8) is 0 Å². The molecule has 2 fully saturated rings. The Hall–Kier alpha value is -4.46. The predicted molar refractivity (Wildman–Crippen MR) is 150 cm³/mol. The molecule has 0 radical (unpaired) electrons. The van der Waals surface area contributed by atoms with Crippen molar-refractivity contribution < 1.29 is 24.9 Å². The minimum Gasteiger partial charge on any atom is -0.453 e. The van der Waals surface area contributed by atoms with E-state index in [4.69, 9.17) is 16.2 Å². The number of aromatic nitrogens is 6. The number of methoxy groups -OCH3 is 1. The number of primary amides is 1. The summed E-state index contributed by atoms with van der Waals surface area (Å²) in [6, 6.07) is 3.00. The molecular formula is C27H33N9O5. The molecule has 14 heteroatoms. The molecule has 4 aromatic rings. The third-order valence-electron chi connectivity index (χ3n) is 8.11. The van der Waals surface area contributed by atoms with Gasteiger partial charge in [-0.25, -0.2) is 24.2 Å². The van der Waals surface area contributed by atoms with Gasteiger partial charge in [0.05, 0.1) is 31.4 Å². The van der Waals surface area contributed by atoms with Crippen molar-refractivity contribution in [1.82, 2.24) is 34.2 Å². The van der Waals surface area contributed by atoms with Gasteiger partial charge in [-0.1, -0.05) is 0 Å². The summed E-state index contributed by atoms with van der Waals surface area (Å²) in [5.41, 5.74) is 5.35. The summed E-state index contributed by atoms with van der Waals surface area (Å²) >= 11 is 0. The van der Waals surface area contributed by atoms with E-state index >= 15 is 0 Å². The molecule has 0 aromatic carbocycles. The second kappa shape index (κ2) is 10.2. The number of nitrogens with two attached hydrogens (primary N) is 1. The number of ether oxygens (including phenoxy) is 1. The summed E-state index contributed by atoms with van der Waals surface area (Å²) in [6.07, 6.45) is 3.22. The number of carbonyl (C=O) groups excluding carboxylic acids is 2. The van der Waals surface area contributed by atoms with Crippen molar-refractivity contribution in [3.05, 3.63) is 40.6 Å². The molecule has 0 bridgehead atoms. The van der Waals surface area contributed by atoms with E-state index in [0.717, 1.165) is 6.42 Å². The monoisotopic (exact) mass is 567 g/mol. The number of hydrogen-bond acceptors (Lipinski definition) is 9. The smallest absolute Gasteiger partial charge is 0.407 e. The maximum Gasteiger partial charge on any atom is 0.407 e. The highest BCUT2D eigenvalue weighted by molar-refractivity contribution is 5.88. The molecule has 5 N–H and O–H groups in total. The molecule has 0 aliphatic heterocycles. The van der Waals surface area contributed by atoms with Crippen molar-refractivity contribution >= 4 is 45.7 Å². The predicted octanol–water partition coefficient (Wildman–Crippen LogP) is 1.57. The Balaban J connectivity index is 1.41. The average Bonchev–Trinajstić information content (AvgIpc) is 3.58. The topological polar surface area (TPSA) is 184 Å². The van der Waals surface area contributed by atoms with Gasteiger partial charge in [-0.2, -0.15) is 5.10 Å². The molecule has 4 aromatic heterocycles. The van der Waals surface area contributed by atoms with E-state index in [1.54, 1.807) is 16.8 Å². The number of nitrogens with one attached hydrogen (secondary N) is 2. The van der Waals surface area contributed by atoms with Crippen LogP contribution in [0.15, 0.2) is 29.2 Å². The van der Waals surface area contributed by atoms with Crippen molar-refractivity contribution in [3.8, 4) is 0 Å². The Labute approximate surface area is 240 Å². The number of aliphatic hydroxyl groups excluding tert-OH is 1. The number of alkyl carbamates (subject to hydrolysis) is 1. The Bertz CT molecular complexity index is 1880. The highest BCUT2D eigenvalue weighted by Crippen LogP contribution is 2.41. The molecule has 2 unspecified atom stereocenters. The zero-order valence-electron chi connectivity index (χ0n) is 26.4. The number of hydrogen-bond donors (Lipinski definition) is 4. The molecule has 216 valence electrons. The van der Waals surface area contributed by atoms with E-state index in [0.29, 0.717) is 46.4 Å². The molecule has 6 rings (SSSR count). The lowest BCUT2D eigenvalue weighted by atomic mass is 9.76. The first-order valence-electron chi connectivity index (χ1n) is 15.4. The number of carbonyl (C=O) groups is 2. The van der Waals surface area contributed by atoms with Crippen molar-refractivity contribution in [2.24, 2.45) is 12.7 Å². The molecule has 2 aliphatic rings. The number of anilines is 2. The van der Waals surface area contributed by atoms with Gasteiger partial charge < -0.3 is 26.2 Å². The Morgan fingerprint density at radius 1 is 1.29 bits per heavy atom. The molecule has 14 nitrogen and oxygen atoms in total. The van der Waals surface area contributed by atoms with Crippen LogP contribution in [-0.4, -0.2) is 65.7 Å². The SMILES string of the molecule is [2H]C1(NC(=O)OC)CCC(n2c(=O)n(C([2H])([2H])[2H])c3cnc(Nc4ccc5c(CCO)nn(C6(C(N)=O)CCC6)c5n4)cc32)C1. The van der Waals surface area contributed by atoms with Gasteiger partial charge >= 0.3 is 11.8 Å². The van der Waals surface area contributed by atoms with Crippen LogP contribution in [0.25, 0.3) is 22.1 Å². The fraction of sp³-hybridized carbons (Fsp3) is 0.481. The van der Waals surface area contributed by atoms with Crippen LogP contribution in [0.4, 0.5) is 16.4 Å². The van der Waals surface area contributed by atoms with Crippen LogP contribution in [0, 0.1) is 0 Å². The molecule has 0 saturated heterocycles. The summed E-state index contributed by atoms with van der Waals surface area (Å²) in [6.45, 7) is -2.94. The number of nitrogens with zero attached hydrogens (tertiary/aromatic N) is 6. The summed E-state index contributed by atoms with van der Waals surface area (Å²) in [7, 11) is 1.19. The van der Waals surface area contributed by atoms with Gasteiger partial charge in [0.1, 0.15) is 17.2 Å². The minimum absolute atomic E-state index is 0.0488. The first kappa shape index (κ1) is 22.3. The quantitative estimate of drug-likeness (QED) is 0.245. The molecule has 2 aliphatic carbocycles. The first-order chi connectivity index (χ1) is 21.3. The van der Waals surface area contributed by atoms with Crippen LogP contribution >= 0.6 is 0 Å². The fourth-order valence-corrected chi connectivity index (χ4v) is 5.82.